The van der Waals surface area contributed by atoms with Crippen molar-refractivity contribution in [2.45, 2.75) is 58.9 Å². The van der Waals surface area contributed by atoms with Crippen molar-refractivity contribution < 1.29 is 14.4 Å². The Hall–Kier alpha value is -2.69. The van der Waals surface area contributed by atoms with Gasteiger partial charge in [0.05, 0.1) is 0 Å². The van der Waals surface area contributed by atoms with Crippen molar-refractivity contribution in [2.24, 2.45) is 10.8 Å². The van der Waals surface area contributed by atoms with Crippen LogP contribution in [0.15, 0.2) is 36.4 Å². The number of hydrogen-bond acceptors (Lipinski definition) is 3. The number of hydrogen-bond donors (Lipinski definition) is 0. The first-order valence-electron chi connectivity index (χ1n) is 11.3. The molecule has 3 aliphatic rings. The van der Waals surface area contributed by atoms with Gasteiger partial charge in [-0.3, -0.25) is 19.3 Å². The zero-order valence-electron chi connectivity index (χ0n) is 18.6. The molecule has 162 valence electrons. The Morgan fingerprint density at radius 1 is 1.00 bits per heavy atom. The van der Waals surface area contributed by atoms with Gasteiger partial charge in [-0.05, 0) is 54.0 Å². The van der Waals surface area contributed by atoms with Crippen LogP contribution in [0.2, 0.25) is 0 Å². The van der Waals surface area contributed by atoms with Gasteiger partial charge in [0.1, 0.15) is 0 Å². The maximum Gasteiger partial charge on any atom is 0.261 e. The van der Waals surface area contributed by atoms with Crippen LogP contribution in [0.25, 0.3) is 10.8 Å². The molecule has 1 aliphatic carbocycles. The zero-order chi connectivity index (χ0) is 22.0. The molecule has 2 heterocycles. The summed E-state index contributed by atoms with van der Waals surface area (Å²) in [6, 6.07) is 11.4. The first-order valence-corrected chi connectivity index (χ1v) is 11.3. The van der Waals surface area contributed by atoms with Crippen LogP contribution in [-0.2, 0) is 4.79 Å². The molecule has 0 spiro atoms. The summed E-state index contributed by atoms with van der Waals surface area (Å²) in [6.45, 7) is 8.01. The molecular weight excluding hydrogens is 388 g/mol. The summed E-state index contributed by atoms with van der Waals surface area (Å²) in [5, 5.41) is 1.65. The molecule has 2 aromatic carbocycles. The van der Waals surface area contributed by atoms with E-state index in [1.807, 2.05) is 24.3 Å². The molecule has 0 radical (unpaired) electrons. The van der Waals surface area contributed by atoms with Crippen LogP contribution in [0.5, 0.6) is 0 Å². The average molecular weight is 419 g/mol. The number of carbonyl (C=O) groups is 3. The van der Waals surface area contributed by atoms with Crippen molar-refractivity contribution in [3.63, 3.8) is 0 Å². The molecule has 0 N–H and O–H groups in total. The third-order valence-electron chi connectivity index (χ3n) is 7.36. The molecule has 2 aromatic rings. The van der Waals surface area contributed by atoms with Gasteiger partial charge in [-0.2, -0.15) is 0 Å². The van der Waals surface area contributed by atoms with E-state index in [9.17, 15) is 14.4 Å². The Labute approximate surface area is 183 Å². The fourth-order valence-electron chi connectivity index (χ4n) is 6.57. The van der Waals surface area contributed by atoms with Crippen molar-refractivity contribution in [3.05, 3.63) is 47.5 Å². The van der Waals surface area contributed by atoms with Gasteiger partial charge >= 0.3 is 0 Å². The number of carbonyl (C=O) groups excluding carboxylic acids is 3. The highest BCUT2D eigenvalue weighted by atomic mass is 16.2. The van der Waals surface area contributed by atoms with E-state index in [-0.39, 0.29) is 35.1 Å². The second-order valence-corrected chi connectivity index (χ2v) is 10.8. The van der Waals surface area contributed by atoms with Crippen molar-refractivity contribution in [1.29, 1.82) is 0 Å². The summed E-state index contributed by atoms with van der Waals surface area (Å²) in [7, 11) is 0. The van der Waals surface area contributed by atoms with Crippen LogP contribution in [0.3, 0.4) is 0 Å². The third kappa shape index (κ3) is 3.35. The van der Waals surface area contributed by atoms with E-state index < -0.39 is 0 Å². The van der Waals surface area contributed by atoms with Gasteiger partial charge in [0.2, 0.25) is 5.91 Å². The summed E-state index contributed by atoms with van der Waals surface area (Å²) < 4.78 is 0. The van der Waals surface area contributed by atoms with E-state index in [4.69, 9.17) is 0 Å². The molecule has 1 saturated carbocycles. The number of imide groups is 1. The molecule has 0 aromatic heterocycles. The molecular formula is C26H30N2O3. The molecule has 2 unspecified atom stereocenters. The van der Waals surface area contributed by atoms with Gasteiger partial charge in [-0.25, -0.2) is 0 Å². The minimum absolute atomic E-state index is 0.158. The first kappa shape index (κ1) is 20.2. The van der Waals surface area contributed by atoms with Crippen molar-refractivity contribution in [2.75, 3.05) is 13.1 Å². The summed E-state index contributed by atoms with van der Waals surface area (Å²) >= 11 is 0. The molecule has 2 atom stereocenters. The highest BCUT2D eigenvalue weighted by Gasteiger charge is 2.50. The number of benzene rings is 2. The minimum Gasteiger partial charge on any atom is -0.339 e. The SMILES string of the molecule is CC1(C)CC2CC(C)(CN2C(=O)CCCN2C(=O)c3cccc4cccc(c34)C2=O)C1. The van der Waals surface area contributed by atoms with Gasteiger partial charge in [0.25, 0.3) is 11.8 Å². The Morgan fingerprint density at radius 2 is 1.65 bits per heavy atom. The molecule has 3 amide bonds. The van der Waals surface area contributed by atoms with Gasteiger partial charge in [0.15, 0.2) is 0 Å². The number of amides is 3. The van der Waals surface area contributed by atoms with E-state index in [1.54, 1.807) is 12.1 Å². The highest BCUT2D eigenvalue weighted by molar-refractivity contribution is 6.25. The van der Waals surface area contributed by atoms with Gasteiger partial charge < -0.3 is 4.90 Å². The minimum atomic E-state index is -0.256. The predicted octanol–water partition coefficient (Wildman–Crippen LogP) is 4.64. The Balaban J connectivity index is 1.27. The second kappa shape index (κ2) is 6.91. The summed E-state index contributed by atoms with van der Waals surface area (Å²) in [4.78, 5) is 42.5. The fraction of sp³-hybridized carbons (Fsp3) is 0.500. The van der Waals surface area contributed by atoms with Crippen LogP contribution >= 0.6 is 0 Å². The lowest BCUT2D eigenvalue weighted by atomic mass is 9.65. The Bertz CT molecular complexity index is 1050. The monoisotopic (exact) mass is 418 g/mol. The number of fused-ring (bicyclic) bond motifs is 2. The van der Waals surface area contributed by atoms with Gasteiger partial charge in [0, 0.05) is 42.1 Å². The maximum atomic E-state index is 13.0. The smallest absolute Gasteiger partial charge is 0.261 e. The molecule has 2 bridgehead atoms. The molecule has 5 heteroatoms. The largest absolute Gasteiger partial charge is 0.339 e. The van der Waals surface area contributed by atoms with Crippen LogP contribution in [0.4, 0.5) is 0 Å². The fourth-order valence-corrected chi connectivity index (χ4v) is 6.57. The lowest BCUT2D eigenvalue weighted by Gasteiger charge is -2.39. The Morgan fingerprint density at radius 3 is 2.29 bits per heavy atom. The predicted molar refractivity (Wildman–Crippen MR) is 120 cm³/mol. The Kier molecular flexibility index (Phi) is 4.51. The first-order chi connectivity index (χ1) is 14.7. The van der Waals surface area contributed by atoms with Gasteiger partial charge in [-0.1, -0.05) is 45.0 Å². The van der Waals surface area contributed by atoms with E-state index in [1.165, 1.54) is 4.90 Å². The van der Waals surface area contributed by atoms with Gasteiger partial charge in [-0.15, -0.1) is 0 Å². The van der Waals surface area contributed by atoms with Crippen molar-refractivity contribution in [1.82, 2.24) is 9.80 Å². The van der Waals surface area contributed by atoms with Crippen LogP contribution in [0, 0.1) is 10.8 Å². The lowest BCUT2D eigenvalue weighted by molar-refractivity contribution is -0.132. The molecule has 2 fully saturated rings. The van der Waals surface area contributed by atoms with E-state index in [2.05, 4.69) is 25.7 Å². The quantitative estimate of drug-likeness (QED) is 0.680. The van der Waals surface area contributed by atoms with Crippen molar-refractivity contribution in [3.8, 4) is 0 Å². The van der Waals surface area contributed by atoms with E-state index in [0.717, 1.165) is 36.6 Å². The number of rotatable bonds is 4. The molecule has 1 saturated heterocycles. The van der Waals surface area contributed by atoms with Crippen molar-refractivity contribution >= 4 is 28.5 Å². The van der Waals surface area contributed by atoms with Crippen LogP contribution in [-0.4, -0.2) is 46.7 Å². The number of likely N-dealkylation sites (tertiary alicyclic amines) is 1. The van der Waals surface area contributed by atoms with Crippen LogP contribution < -0.4 is 0 Å². The number of nitrogens with zero attached hydrogens (tertiary/aromatic N) is 2. The molecule has 31 heavy (non-hydrogen) atoms. The zero-order valence-corrected chi connectivity index (χ0v) is 18.6. The molecule has 5 rings (SSSR count). The lowest BCUT2D eigenvalue weighted by Crippen LogP contribution is -2.41. The topological polar surface area (TPSA) is 57.7 Å². The summed E-state index contributed by atoms with van der Waals surface area (Å²) in [5.41, 5.74) is 1.63. The molecule has 5 nitrogen and oxygen atoms in total. The standard InChI is InChI=1S/C26H30N2O3/c1-25(2)13-18-14-26(3,15-25)16-28(18)21(29)11-6-12-27-23(30)19-9-4-7-17-8-5-10-20(22(17)19)24(27)31/h4-5,7-10,18H,6,11-16H2,1-3H3. The summed E-state index contributed by atoms with van der Waals surface area (Å²) in [6.07, 6.45) is 4.17. The normalized spacial score (nSPS) is 26.6. The average Bonchev–Trinajstić information content (AvgIpc) is 2.97. The summed E-state index contributed by atoms with van der Waals surface area (Å²) in [5.74, 6) is -0.355. The second-order valence-electron chi connectivity index (χ2n) is 10.8. The maximum absolute atomic E-state index is 13.0. The van der Waals surface area contributed by atoms with Crippen LogP contribution in [0.1, 0.15) is 73.6 Å². The third-order valence-corrected chi connectivity index (χ3v) is 7.36. The van der Waals surface area contributed by atoms with E-state index >= 15 is 0 Å². The highest BCUT2D eigenvalue weighted by Crippen LogP contribution is 2.52. The van der Waals surface area contributed by atoms with E-state index in [0.29, 0.717) is 30.0 Å². The molecule has 2 aliphatic heterocycles.